The summed E-state index contributed by atoms with van der Waals surface area (Å²) in [7, 11) is 0. The lowest BCUT2D eigenvalue weighted by atomic mass is 9.92. The van der Waals surface area contributed by atoms with Crippen LogP contribution in [0.15, 0.2) is 0 Å². The zero-order valence-electron chi connectivity index (χ0n) is 10.2. The zero-order chi connectivity index (χ0) is 11.6. The Morgan fingerprint density at radius 3 is 2.27 bits per heavy atom. The molecule has 1 aliphatic heterocycles. The maximum absolute atomic E-state index is 11.5. The Morgan fingerprint density at radius 2 is 1.87 bits per heavy atom. The Kier molecular flexibility index (Phi) is 3.73. The summed E-state index contributed by atoms with van der Waals surface area (Å²) >= 11 is 0. The number of carbonyl (C=O) groups is 1. The number of hydrazine groups is 1. The van der Waals surface area contributed by atoms with Gasteiger partial charge in [-0.25, -0.2) is 5.84 Å². The second-order valence-corrected chi connectivity index (χ2v) is 5.51. The van der Waals surface area contributed by atoms with Crippen LogP contribution < -0.4 is 11.3 Å². The summed E-state index contributed by atoms with van der Waals surface area (Å²) in [5, 5.41) is 0. The average molecular weight is 213 g/mol. The highest BCUT2D eigenvalue weighted by Gasteiger charge is 2.34. The summed E-state index contributed by atoms with van der Waals surface area (Å²) in [5.41, 5.74) is 1.83. The molecule has 2 unspecified atom stereocenters. The van der Waals surface area contributed by atoms with Crippen molar-refractivity contribution in [1.29, 1.82) is 0 Å². The van der Waals surface area contributed by atoms with Crippen molar-refractivity contribution in [2.24, 2.45) is 23.1 Å². The molecule has 0 aromatic heterocycles. The van der Waals surface area contributed by atoms with Crippen LogP contribution in [0.1, 0.15) is 27.7 Å². The van der Waals surface area contributed by atoms with Gasteiger partial charge < -0.3 is 4.90 Å². The molecule has 1 fully saturated rings. The maximum atomic E-state index is 11.5. The van der Waals surface area contributed by atoms with E-state index in [-0.39, 0.29) is 5.91 Å². The predicted octanol–water partition coefficient (Wildman–Crippen LogP) is 0.590. The standard InChI is InChI=1S/C11H23N3O/c1-8-5-14(6-9(8)2)7-11(3,4)10(15)13-12/h8-9H,5-7,12H2,1-4H3,(H,13,15). The molecule has 2 atom stereocenters. The smallest absolute Gasteiger partial charge is 0.240 e. The van der Waals surface area contributed by atoms with Gasteiger partial charge in [-0.2, -0.15) is 0 Å². The summed E-state index contributed by atoms with van der Waals surface area (Å²) < 4.78 is 0. The first-order chi connectivity index (χ1) is 6.86. The van der Waals surface area contributed by atoms with Crippen LogP contribution in [-0.2, 0) is 4.79 Å². The molecular formula is C11H23N3O. The normalized spacial score (nSPS) is 28.1. The van der Waals surface area contributed by atoms with Crippen LogP contribution in [0.4, 0.5) is 0 Å². The van der Waals surface area contributed by atoms with Gasteiger partial charge in [0.1, 0.15) is 0 Å². The summed E-state index contributed by atoms with van der Waals surface area (Å²) in [5.74, 6) is 6.53. The molecule has 1 heterocycles. The molecule has 0 aromatic carbocycles. The van der Waals surface area contributed by atoms with E-state index in [9.17, 15) is 4.79 Å². The molecule has 15 heavy (non-hydrogen) atoms. The number of hydrogen-bond acceptors (Lipinski definition) is 3. The van der Waals surface area contributed by atoms with E-state index < -0.39 is 5.41 Å². The van der Waals surface area contributed by atoms with Gasteiger partial charge in [-0.1, -0.05) is 13.8 Å². The van der Waals surface area contributed by atoms with Crippen LogP contribution in [0.5, 0.6) is 0 Å². The first kappa shape index (κ1) is 12.5. The van der Waals surface area contributed by atoms with Gasteiger partial charge in [-0.3, -0.25) is 10.2 Å². The number of carbonyl (C=O) groups excluding carboxylic acids is 1. The number of nitrogens with two attached hydrogens (primary N) is 1. The van der Waals surface area contributed by atoms with Crippen molar-refractivity contribution >= 4 is 5.91 Å². The summed E-state index contributed by atoms with van der Waals surface area (Å²) in [4.78, 5) is 13.9. The van der Waals surface area contributed by atoms with Crippen LogP contribution >= 0.6 is 0 Å². The fourth-order valence-electron chi connectivity index (χ4n) is 2.20. The topological polar surface area (TPSA) is 58.4 Å². The van der Waals surface area contributed by atoms with Crippen LogP contribution in [0, 0.1) is 17.3 Å². The second-order valence-electron chi connectivity index (χ2n) is 5.51. The molecule has 0 aliphatic carbocycles. The van der Waals surface area contributed by atoms with Crippen molar-refractivity contribution in [3.63, 3.8) is 0 Å². The Morgan fingerprint density at radius 1 is 1.40 bits per heavy atom. The minimum absolute atomic E-state index is 0.0882. The molecule has 0 radical (unpaired) electrons. The van der Waals surface area contributed by atoms with Crippen molar-refractivity contribution in [1.82, 2.24) is 10.3 Å². The molecule has 4 heteroatoms. The number of nitrogens with one attached hydrogen (secondary N) is 1. The first-order valence-electron chi connectivity index (χ1n) is 5.60. The minimum atomic E-state index is -0.404. The van der Waals surface area contributed by atoms with E-state index >= 15 is 0 Å². The lowest BCUT2D eigenvalue weighted by molar-refractivity contribution is -0.130. The Labute approximate surface area is 92.2 Å². The summed E-state index contributed by atoms with van der Waals surface area (Å²) in [6, 6.07) is 0. The Bertz CT molecular complexity index is 230. The van der Waals surface area contributed by atoms with Crippen LogP contribution in [0.3, 0.4) is 0 Å². The van der Waals surface area contributed by atoms with Gasteiger partial charge in [0.05, 0.1) is 5.41 Å². The molecule has 1 saturated heterocycles. The van der Waals surface area contributed by atoms with Crippen molar-refractivity contribution in [3.8, 4) is 0 Å². The van der Waals surface area contributed by atoms with Gasteiger partial charge in [0, 0.05) is 19.6 Å². The Balaban J connectivity index is 2.52. The van der Waals surface area contributed by atoms with E-state index in [4.69, 9.17) is 5.84 Å². The molecule has 4 nitrogen and oxygen atoms in total. The minimum Gasteiger partial charge on any atom is -0.302 e. The fourth-order valence-corrected chi connectivity index (χ4v) is 2.20. The largest absolute Gasteiger partial charge is 0.302 e. The fraction of sp³-hybridized carbons (Fsp3) is 0.909. The van der Waals surface area contributed by atoms with Gasteiger partial charge in [0.25, 0.3) is 0 Å². The number of nitrogens with zero attached hydrogens (tertiary/aromatic N) is 1. The molecule has 1 amide bonds. The molecule has 1 aliphatic rings. The number of likely N-dealkylation sites (tertiary alicyclic amines) is 1. The van der Waals surface area contributed by atoms with Crippen LogP contribution in [0.25, 0.3) is 0 Å². The summed E-state index contributed by atoms with van der Waals surface area (Å²) in [6.07, 6.45) is 0. The predicted molar refractivity (Wildman–Crippen MR) is 60.9 cm³/mol. The van der Waals surface area contributed by atoms with Gasteiger partial charge >= 0.3 is 0 Å². The SMILES string of the molecule is CC1CN(CC(C)(C)C(=O)NN)CC1C. The molecular weight excluding hydrogens is 190 g/mol. The third-order valence-corrected chi connectivity index (χ3v) is 3.43. The highest BCUT2D eigenvalue weighted by molar-refractivity contribution is 5.81. The second kappa shape index (κ2) is 4.49. The third-order valence-electron chi connectivity index (χ3n) is 3.43. The van der Waals surface area contributed by atoms with Gasteiger partial charge in [0.15, 0.2) is 0 Å². The molecule has 0 aromatic rings. The van der Waals surface area contributed by atoms with Crippen molar-refractivity contribution in [2.45, 2.75) is 27.7 Å². The summed E-state index contributed by atoms with van der Waals surface area (Å²) in [6.45, 7) is 11.3. The van der Waals surface area contributed by atoms with Crippen molar-refractivity contribution < 1.29 is 4.79 Å². The molecule has 0 saturated carbocycles. The number of hydrogen-bond donors (Lipinski definition) is 2. The first-order valence-corrected chi connectivity index (χ1v) is 5.60. The van der Waals surface area contributed by atoms with E-state index in [0.29, 0.717) is 0 Å². The zero-order valence-corrected chi connectivity index (χ0v) is 10.2. The number of amides is 1. The van der Waals surface area contributed by atoms with E-state index in [0.717, 1.165) is 31.5 Å². The van der Waals surface area contributed by atoms with Crippen LogP contribution in [0.2, 0.25) is 0 Å². The highest BCUT2D eigenvalue weighted by atomic mass is 16.2. The average Bonchev–Trinajstić information content (AvgIpc) is 2.43. The molecule has 1 rings (SSSR count). The van der Waals surface area contributed by atoms with E-state index in [1.165, 1.54) is 0 Å². The molecule has 0 spiro atoms. The molecule has 3 N–H and O–H groups in total. The van der Waals surface area contributed by atoms with Crippen molar-refractivity contribution in [3.05, 3.63) is 0 Å². The monoisotopic (exact) mass is 213 g/mol. The lowest BCUT2D eigenvalue weighted by Crippen LogP contribution is -2.46. The van der Waals surface area contributed by atoms with Gasteiger partial charge in [-0.15, -0.1) is 0 Å². The molecule has 0 bridgehead atoms. The maximum Gasteiger partial charge on any atom is 0.240 e. The quantitative estimate of drug-likeness (QED) is 0.410. The third kappa shape index (κ3) is 2.92. The van der Waals surface area contributed by atoms with Gasteiger partial charge in [-0.05, 0) is 25.7 Å². The van der Waals surface area contributed by atoms with E-state index in [1.54, 1.807) is 0 Å². The van der Waals surface area contributed by atoms with E-state index in [1.807, 2.05) is 13.8 Å². The number of rotatable bonds is 3. The highest BCUT2D eigenvalue weighted by Crippen LogP contribution is 2.26. The lowest BCUT2D eigenvalue weighted by Gasteiger charge is -2.28. The van der Waals surface area contributed by atoms with E-state index in [2.05, 4.69) is 24.2 Å². The Hall–Kier alpha value is -0.610. The molecule has 88 valence electrons. The van der Waals surface area contributed by atoms with Crippen molar-refractivity contribution in [2.75, 3.05) is 19.6 Å². The van der Waals surface area contributed by atoms with Crippen LogP contribution in [-0.4, -0.2) is 30.4 Å². The van der Waals surface area contributed by atoms with Gasteiger partial charge in [0.2, 0.25) is 5.91 Å².